The van der Waals surface area contributed by atoms with Gasteiger partial charge in [-0.2, -0.15) is 4.98 Å². The minimum atomic E-state index is -0.329. The predicted molar refractivity (Wildman–Crippen MR) is 65.2 cm³/mol. The van der Waals surface area contributed by atoms with Gasteiger partial charge in [0.2, 0.25) is 11.7 Å². The Morgan fingerprint density at radius 1 is 1.42 bits per heavy atom. The van der Waals surface area contributed by atoms with Gasteiger partial charge in [0.15, 0.2) is 5.69 Å². The lowest BCUT2D eigenvalue weighted by Gasteiger charge is -2.02. The molecule has 0 radical (unpaired) electrons. The third-order valence-corrected chi connectivity index (χ3v) is 2.28. The monoisotopic (exact) mass is 265 g/mol. The topological polar surface area (TPSA) is 97.3 Å². The van der Waals surface area contributed by atoms with Gasteiger partial charge >= 0.3 is 0 Å². The predicted octanol–water partition coefficient (Wildman–Crippen LogP) is 0.536. The van der Waals surface area contributed by atoms with Crippen LogP contribution >= 0.6 is 0 Å². The normalized spacial score (nSPS) is 10.9. The number of hydrogen-bond acceptors (Lipinski definition) is 7. The second-order valence-electron chi connectivity index (χ2n) is 4.19. The maximum absolute atomic E-state index is 11.8. The van der Waals surface area contributed by atoms with Crippen molar-refractivity contribution >= 4 is 5.91 Å². The molecule has 0 aliphatic carbocycles. The summed E-state index contributed by atoms with van der Waals surface area (Å²) in [5.41, 5.74) is 0.568. The van der Waals surface area contributed by atoms with Gasteiger partial charge in [-0.3, -0.25) is 4.79 Å². The highest BCUT2D eigenvalue weighted by atomic mass is 16.5. The molecule has 0 saturated heterocycles. The van der Waals surface area contributed by atoms with E-state index in [1.54, 1.807) is 0 Å². The Morgan fingerprint density at radius 3 is 2.89 bits per heavy atom. The van der Waals surface area contributed by atoms with Gasteiger partial charge in [0.1, 0.15) is 6.26 Å². The first-order chi connectivity index (χ1) is 9.11. The molecule has 2 rings (SSSR count). The molecule has 2 aromatic heterocycles. The van der Waals surface area contributed by atoms with Crippen molar-refractivity contribution < 1.29 is 13.8 Å². The van der Waals surface area contributed by atoms with Crippen LogP contribution in [0.1, 0.15) is 23.3 Å². The van der Waals surface area contributed by atoms with Gasteiger partial charge < -0.3 is 19.3 Å². The smallest absolute Gasteiger partial charge is 0.274 e. The fraction of sp³-hybridized carbons (Fsp3) is 0.455. The Hall–Kier alpha value is -2.22. The summed E-state index contributed by atoms with van der Waals surface area (Å²) in [6.07, 6.45) is 1.33. The number of aromatic nitrogens is 3. The van der Waals surface area contributed by atoms with Crippen molar-refractivity contribution in [2.45, 2.75) is 13.5 Å². The fourth-order valence-electron chi connectivity index (χ4n) is 1.50. The molecule has 8 heteroatoms. The van der Waals surface area contributed by atoms with Crippen LogP contribution in [-0.4, -0.2) is 46.7 Å². The molecule has 0 aromatic carbocycles. The third kappa shape index (κ3) is 2.97. The van der Waals surface area contributed by atoms with Crippen molar-refractivity contribution in [2.24, 2.45) is 0 Å². The molecular weight excluding hydrogens is 250 g/mol. The largest absolute Gasteiger partial charge is 0.363 e. The Kier molecular flexibility index (Phi) is 3.91. The van der Waals surface area contributed by atoms with E-state index < -0.39 is 0 Å². The molecule has 0 atom stereocenters. The van der Waals surface area contributed by atoms with E-state index in [-0.39, 0.29) is 11.6 Å². The third-order valence-electron chi connectivity index (χ3n) is 2.28. The van der Waals surface area contributed by atoms with Gasteiger partial charge in [0.25, 0.3) is 5.91 Å². The first kappa shape index (κ1) is 13.2. The van der Waals surface area contributed by atoms with E-state index in [1.165, 1.54) is 6.26 Å². The van der Waals surface area contributed by atoms with Gasteiger partial charge in [0.05, 0.1) is 12.1 Å². The lowest BCUT2D eigenvalue weighted by Crippen LogP contribution is -2.23. The van der Waals surface area contributed by atoms with Crippen molar-refractivity contribution in [3.63, 3.8) is 0 Å². The first-order valence-electron chi connectivity index (χ1n) is 5.82. The summed E-state index contributed by atoms with van der Waals surface area (Å²) in [7, 11) is 3.78. The molecule has 0 spiro atoms. The maximum Gasteiger partial charge on any atom is 0.274 e. The molecule has 0 aliphatic rings. The van der Waals surface area contributed by atoms with Gasteiger partial charge in [-0.15, -0.1) is 0 Å². The van der Waals surface area contributed by atoms with E-state index in [2.05, 4.69) is 20.6 Å². The zero-order valence-electron chi connectivity index (χ0n) is 11.0. The molecule has 19 heavy (non-hydrogen) atoms. The zero-order chi connectivity index (χ0) is 13.8. The number of nitrogens with one attached hydrogen (secondary N) is 1. The van der Waals surface area contributed by atoms with E-state index in [1.807, 2.05) is 25.9 Å². The summed E-state index contributed by atoms with van der Waals surface area (Å²) in [5.74, 6) is 0.424. The molecule has 102 valence electrons. The summed E-state index contributed by atoms with van der Waals surface area (Å²) >= 11 is 0. The minimum absolute atomic E-state index is 0.152. The Bertz CT molecular complexity index is 560. The Labute approximate surface area is 109 Å². The molecule has 0 saturated carbocycles. The van der Waals surface area contributed by atoms with Crippen molar-refractivity contribution in [3.8, 4) is 11.4 Å². The van der Waals surface area contributed by atoms with Crippen LogP contribution in [-0.2, 0) is 6.54 Å². The van der Waals surface area contributed by atoms with Crippen LogP contribution in [0.5, 0.6) is 0 Å². The molecule has 8 nitrogen and oxygen atoms in total. The van der Waals surface area contributed by atoms with E-state index in [9.17, 15) is 4.79 Å². The summed E-state index contributed by atoms with van der Waals surface area (Å²) in [6.45, 7) is 2.85. The van der Waals surface area contributed by atoms with E-state index in [4.69, 9.17) is 9.05 Å². The molecule has 0 unspecified atom stereocenters. The second kappa shape index (κ2) is 5.61. The quantitative estimate of drug-likeness (QED) is 0.842. The first-order valence-corrected chi connectivity index (χ1v) is 5.82. The summed E-state index contributed by atoms with van der Waals surface area (Å²) in [4.78, 5) is 17.9. The van der Waals surface area contributed by atoms with Crippen molar-refractivity contribution in [1.82, 2.24) is 25.5 Å². The number of carbonyl (C=O) groups is 1. The van der Waals surface area contributed by atoms with Crippen LogP contribution in [0, 0.1) is 0 Å². The molecule has 0 aliphatic heterocycles. The van der Waals surface area contributed by atoms with Crippen LogP contribution in [0.2, 0.25) is 0 Å². The van der Waals surface area contributed by atoms with Gasteiger partial charge in [-0.1, -0.05) is 10.3 Å². The average molecular weight is 265 g/mol. The number of amides is 1. The van der Waals surface area contributed by atoms with Gasteiger partial charge in [-0.25, -0.2) is 0 Å². The number of rotatable bonds is 5. The fourth-order valence-corrected chi connectivity index (χ4v) is 1.50. The van der Waals surface area contributed by atoms with Crippen molar-refractivity contribution in [1.29, 1.82) is 0 Å². The maximum atomic E-state index is 11.8. The second-order valence-corrected chi connectivity index (χ2v) is 4.19. The van der Waals surface area contributed by atoms with E-state index >= 15 is 0 Å². The van der Waals surface area contributed by atoms with Crippen LogP contribution in [0.15, 0.2) is 15.3 Å². The Balaban J connectivity index is 2.25. The number of nitrogens with zero attached hydrogens (tertiary/aromatic N) is 4. The minimum Gasteiger partial charge on any atom is -0.363 e. The lowest BCUT2D eigenvalue weighted by atomic mass is 10.2. The lowest BCUT2D eigenvalue weighted by molar-refractivity contribution is 0.0947. The molecule has 2 heterocycles. The average Bonchev–Trinajstić information content (AvgIpc) is 2.95. The molecular formula is C11H15N5O3. The van der Waals surface area contributed by atoms with E-state index in [0.717, 1.165) is 0 Å². The van der Waals surface area contributed by atoms with Crippen LogP contribution < -0.4 is 5.32 Å². The SMILES string of the molecule is CCNC(=O)c1nocc1-c1noc(CN(C)C)n1. The molecule has 0 fully saturated rings. The van der Waals surface area contributed by atoms with Crippen LogP contribution in [0.4, 0.5) is 0 Å². The van der Waals surface area contributed by atoms with Crippen molar-refractivity contribution in [3.05, 3.63) is 17.8 Å². The molecule has 1 N–H and O–H groups in total. The van der Waals surface area contributed by atoms with Crippen LogP contribution in [0.25, 0.3) is 11.4 Å². The molecule has 2 aromatic rings. The number of carbonyl (C=O) groups excluding carboxylic acids is 1. The van der Waals surface area contributed by atoms with Crippen molar-refractivity contribution in [2.75, 3.05) is 20.6 Å². The highest BCUT2D eigenvalue weighted by molar-refractivity contribution is 5.97. The molecule has 0 bridgehead atoms. The Morgan fingerprint density at radius 2 is 2.21 bits per heavy atom. The molecule has 1 amide bonds. The van der Waals surface area contributed by atoms with E-state index in [0.29, 0.717) is 30.4 Å². The number of hydrogen-bond donors (Lipinski definition) is 1. The standard InChI is InChI=1S/C11H15N5O3/c1-4-12-11(17)9-7(6-18-14-9)10-13-8(19-15-10)5-16(2)3/h6H,4-5H2,1-3H3,(H,12,17). The van der Waals surface area contributed by atoms with Gasteiger partial charge in [0, 0.05) is 6.54 Å². The van der Waals surface area contributed by atoms with Crippen LogP contribution in [0.3, 0.4) is 0 Å². The zero-order valence-corrected chi connectivity index (χ0v) is 11.0. The van der Waals surface area contributed by atoms with Gasteiger partial charge in [-0.05, 0) is 21.0 Å². The summed E-state index contributed by atoms with van der Waals surface area (Å²) in [5, 5.41) is 10.1. The summed E-state index contributed by atoms with van der Waals surface area (Å²) < 4.78 is 9.91. The summed E-state index contributed by atoms with van der Waals surface area (Å²) in [6, 6.07) is 0. The highest BCUT2D eigenvalue weighted by Gasteiger charge is 2.21. The highest BCUT2D eigenvalue weighted by Crippen LogP contribution is 2.20.